The van der Waals surface area contributed by atoms with Gasteiger partial charge < -0.3 is 4.74 Å². The zero-order chi connectivity index (χ0) is 13.7. The van der Waals surface area contributed by atoms with Crippen LogP contribution in [0.3, 0.4) is 0 Å². The van der Waals surface area contributed by atoms with Crippen LogP contribution < -0.4 is 5.01 Å². The fraction of sp³-hybridized carbons (Fsp3) is 0.667. The third-order valence-electron chi connectivity index (χ3n) is 2.48. The van der Waals surface area contributed by atoms with Gasteiger partial charge in [0.25, 0.3) is 0 Å². The maximum Gasteiger partial charge on any atom is 0.358 e. The third kappa shape index (κ3) is 3.20. The number of ether oxygens (including phenoxy) is 1. The van der Waals surface area contributed by atoms with Gasteiger partial charge in [-0.3, -0.25) is 5.01 Å². The second-order valence-corrected chi connectivity index (χ2v) is 4.97. The van der Waals surface area contributed by atoms with E-state index in [2.05, 4.69) is 11.9 Å². The van der Waals surface area contributed by atoms with E-state index in [1.807, 2.05) is 31.0 Å². The molecule has 0 N–H and O–H groups in total. The SMILES string of the molecule is CCOC(=O)c1nc(N(CC)N(C)C)sc1CC. The average Bonchev–Trinajstić information content (AvgIpc) is 2.73. The normalized spacial score (nSPS) is 10.8. The first-order valence-electron chi connectivity index (χ1n) is 6.16. The Morgan fingerprint density at radius 2 is 2.00 bits per heavy atom. The van der Waals surface area contributed by atoms with Crippen molar-refractivity contribution in [3.8, 4) is 0 Å². The number of carbonyl (C=O) groups excluding carboxylic acids is 1. The summed E-state index contributed by atoms with van der Waals surface area (Å²) in [4.78, 5) is 17.2. The molecule has 0 bridgehead atoms. The van der Waals surface area contributed by atoms with Crippen LogP contribution in [-0.2, 0) is 11.2 Å². The van der Waals surface area contributed by atoms with Gasteiger partial charge in [-0.25, -0.2) is 14.8 Å². The number of nitrogens with zero attached hydrogens (tertiary/aromatic N) is 3. The molecule has 0 saturated carbocycles. The van der Waals surface area contributed by atoms with E-state index in [9.17, 15) is 4.79 Å². The molecule has 6 heteroatoms. The zero-order valence-electron chi connectivity index (χ0n) is 11.7. The molecule has 0 saturated heterocycles. The molecular formula is C12H21N3O2S. The Morgan fingerprint density at radius 1 is 1.33 bits per heavy atom. The molecule has 0 radical (unpaired) electrons. The average molecular weight is 271 g/mol. The van der Waals surface area contributed by atoms with Crippen molar-refractivity contribution in [3.05, 3.63) is 10.6 Å². The van der Waals surface area contributed by atoms with Gasteiger partial charge in [0, 0.05) is 25.5 Å². The van der Waals surface area contributed by atoms with E-state index < -0.39 is 0 Å². The lowest BCUT2D eigenvalue weighted by Crippen LogP contribution is -2.36. The molecule has 0 aliphatic carbocycles. The molecule has 5 nitrogen and oxygen atoms in total. The molecule has 0 atom stereocenters. The van der Waals surface area contributed by atoms with E-state index >= 15 is 0 Å². The molecule has 1 aromatic heterocycles. The standard InChI is InChI=1S/C12H21N3O2S/c1-6-9-10(11(16)17-8-3)13-12(18-9)15(7-2)14(4)5/h6-8H2,1-5H3. The summed E-state index contributed by atoms with van der Waals surface area (Å²) in [5.41, 5.74) is 0.458. The highest BCUT2D eigenvalue weighted by Gasteiger charge is 2.21. The lowest BCUT2D eigenvalue weighted by Gasteiger charge is -2.26. The van der Waals surface area contributed by atoms with E-state index in [4.69, 9.17) is 4.74 Å². The largest absolute Gasteiger partial charge is 0.461 e. The van der Waals surface area contributed by atoms with E-state index in [-0.39, 0.29) is 5.97 Å². The van der Waals surface area contributed by atoms with Gasteiger partial charge in [-0.15, -0.1) is 0 Å². The van der Waals surface area contributed by atoms with Crippen LogP contribution in [-0.4, -0.2) is 43.2 Å². The number of hydrazine groups is 1. The monoisotopic (exact) mass is 271 g/mol. The Morgan fingerprint density at radius 3 is 2.44 bits per heavy atom. The first-order valence-corrected chi connectivity index (χ1v) is 6.98. The molecule has 1 heterocycles. The molecule has 0 amide bonds. The van der Waals surface area contributed by atoms with Crippen molar-refractivity contribution in [1.29, 1.82) is 0 Å². The van der Waals surface area contributed by atoms with Gasteiger partial charge in [0.05, 0.1) is 6.61 Å². The number of hydrogen-bond donors (Lipinski definition) is 0. The van der Waals surface area contributed by atoms with Crippen molar-refractivity contribution in [2.24, 2.45) is 0 Å². The number of thiazole rings is 1. The maximum absolute atomic E-state index is 11.8. The Kier molecular flexibility index (Phi) is 5.55. The molecule has 0 aliphatic rings. The highest BCUT2D eigenvalue weighted by Crippen LogP contribution is 2.27. The summed E-state index contributed by atoms with van der Waals surface area (Å²) in [5, 5.41) is 4.82. The van der Waals surface area contributed by atoms with Gasteiger partial charge in [0.2, 0.25) is 5.13 Å². The van der Waals surface area contributed by atoms with Crippen LogP contribution >= 0.6 is 11.3 Å². The maximum atomic E-state index is 11.8. The van der Waals surface area contributed by atoms with E-state index in [1.54, 1.807) is 18.3 Å². The second-order valence-electron chi connectivity index (χ2n) is 3.91. The lowest BCUT2D eigenvalue weighted by molar-refractivity contribution is 0.0519. The van der Waals surface area contributed by atoms with Crippen LogP contribution in [0.2, 0.25) is 0 Å². The number of anilines is 1. The van der Waals surface area contributed by atoms with Crippen LogP contribution in [0.1, 0.15) is 36.1 Å². The Balaban J connectivity index is 3.06. The highest BCUT2D eigenvalue weighted by molar-refractivity contribution is 7.15. The predicted molar refractivity (Wildman–Crippen MR) is 74.2 cm³/mol. The van der Waals surface area contributed by atoms with Crippen molar-refractivity contribution in [1.82, 2.24) is 9.99 Å². The first-order chi connectivity index (χ1) is 8.54. The topological polar surface area (TPSA) is 45.7 Å². The number of carbonyl (C=O) groups is 1. The summed E-state index contributed by atoms with van der Waals surface area (Å²) < 4.78 is 5.03. The van der Waals surface area contributed by atoms with E-state index in [1.165, 1.54) is 0 Å². The summed E-state index contributed by atoms with van der Waals surface area (Å²) in [5.74, 6) is -0.327. The van der Waals surface area contributed by atoms with Gasteiger partial charge in [0.15, 0.2) is 5.69 Å². The van der Waals surface area contributed by atoms with Gasteiger partial charge in [0.1, 0.15) is 0 Å². The van der Waals surface area contributed by atoms with Gasteiger partial charge >= 0.3 is 5.97 Å². The van der Waals surface area contributed by atoms with Gasteiger partial charge in [-0.05, 0) is 20.3 Å². The number of aryl methyl sites for hydroxylation is 1. The van der Waals surface area contributed by atoms with Crippen molar-refractivity contribution in [3.63, 3.8) is 0 Å². The van der Waals surface area contributed by atoms with E-state index in [0.717, 1.165) is 23.0 Å². The van der Waals surface area contributed by atoms with Gasteiger partial charge in [-0.2, -0.15) is 0 Å². The predicted octanol–water partition coefficient (Wildman–Crippen LogP) is 2.19. The fourth-order valence-electron chi connectivity index (χ4n) is 1.64. The summed E-state index contributed by atoms with van der Waals surface area (Å²) in [6, 6.07) is 0. The molecule has 102 valence electrons. The summed E-state index contributed by atoms with van der Waals surface area (Å²) in [6.45, 7) is 7.06. The zero-order valence-corrected chi connectivity index (χ0v) is 12.5. The van der Waals surface area contributed by atoms with Crippen LogP contribution in [0.5, 0.6) is 0 Å². The van der Waals surface area contributed by atoms with Crippen molar-refractivity contribution in [2.45, 2.75) is 27.2 Å². The minimum absolute atomic E-state index is 0.327. The third-order valence-corrected chi connectivity index (χ3v) is 3.69. The number of aromatic nitrogens is 1. The van der Waals surface area contributed by atoms with Crippen LogP contribution in [0.4, 0.5) is 5.13 Å². The minimum atomic E-state index is -0.327. The molecule has 0 unspecified atom stereocenters. The summed E-state index contributed by atoms with van der Waals surface area (Å²) >= 11 is 1.55. The van der Waals surface area contributed by atoms with Gasteiger partial charge in [-0.1, -0.05) is 18.3 Å². The minimum Gasteiger partial charge on any atom is -0.461 e. The smallest absolute Gasteiger partial charge is 0.358 e. The van der Waals surface area contributed by atoms with Crippen LogP contribution in [0.25, 0.3) is 0 Å². The Hall–Kier alpha value is -1.14. The van der Waals surface area contributed by atoms with E-state index in [0.29, 0.717) is 12.3 Å². The molecule has 1 rings (SSSR count). The highest BCUT2D eigenvalue weighted by atomic mass is 32.1. The number of hydrogen-bond acceptors (Lipinski definition) is 6. The van der Waals surface area contributed by atoms with Crippen LogP contribution in [0, 0.1) is 0 Å². The van der Waals surface area contributed by atoms with Crippen molar-refractivity contribution in [2.75, 3.05) is 32.3 Å². The Labute approximate surface area is 112 Å². The fourth-order valence-corrected chi connectivity index (χ4v) is 2.76. The molecule has 1 aromatic rings. The number of rotatable bonds is 6. The quantitative estimate of drug-likeness (QED) is 0.586. The molecular weight excluding hydrogens is 250 g/mol. The second kappa shape index (κ2) is 6.70. The Bertz CT molecular complexity index is 404. The summed E-state index contributed by atoms with van der Waals surface area (Å²) in [7, 11) is 3.92. The van der Waals surface area contributed by atoms with Crippen molar-refractivity contribution >= 4 is 22.4 Å². The molecule has 0 aliphatic heterocycles. The molecule has 0 aromatic carbocycles. The lowest BCUT2D eigenvalue weighted by atomic mass is 10.3. The van der Waals surface area contributed by atoms with Crippen LogP contribution in [0.15, 0.2) is 0 Å². The number of esters is 1. The molecule has 0 spiro atoms. The molecule has 18 heavy (non-hydrogen) atoms. The van der Waals surface area contributed by atoms with Crippen molar-refractivity contribution < 1.29 is 9.53 Å². The molecule has 0 fully saturated rings. The first kappa shape index (κ1) is 14.9. The summed E-state index contributed by atoms with van der Waals surface area (Å²) in [6.07, 6.45) is 0.788.